The van der Waals surface area contributed by atoms with E-state index in [2.05, 4.69) is 26.2 Å². The highest BCUT2D eigenvalue weighted by atomic mass is 28.5. The molecule has 0 aliphatic carbocycles. The zero-order chi connectivity index (χ0) is 53.9. The largest absolute Gasteiger partial charge is 0.500 e. The molecule has 24 heteroatoms. The molecule has 1 saturated heterocycles. The average molecular weight is 1170 g/mol. The molecule has 0 aromatic carbocycles. The van der Waals surface area contributed by atoms with Crippen molar-refractivity contribution in [3.8, 4) is 0 Å². The Kier molecular flexibility index (Phi) is 38.2. The molecular weight excluding hydrogens is 1060 g/mol. The molecule has 1 aliphatic rings. The van der Waals surface area contributed by atoms with E-state index in [1.54, 1.807) is 85.3 Å². The highest BCUT2D eigenvalue weighted by Crippen LogP contribution is 2.40. The Morgan fingerprint density at radius 3 is 0.472 bits per heavy atom. The van der Waals surface area contributed by atoms with Gasteiger partial charge in [0.1, 0.15) is 0 Å². The molecule has 0 bridgehead atoms. The van der Waals surface area contributed by atoms with Crippen molar-refractivity contribution >= 4 is 69.5 Å². The molecule has 0 radical (unpaired) electrons. The van der Waals surface area contributed by atoms with Gasteiger partial charge >= 0.3 is 69.5 Å². The van der Waals surface area contributed by atoms with Gasteiger partial charge in [-0.3, -0.25) is 0 Å². The second-order valence-corrected chi connectivity index (χ2v) is 47.3. The lowest BCUT2D eigenvalue weighted by atomic mass is 10.1. The van der Waals surface area contributed by atoms with Gasteiger partial charge in [-0.15, -0.1) is 0 Å². The van der Waals surface area contributed by atoms with Crippen LogP contribution in [0, 0.1) is 0 Å². The SMILES string of the molecule is CO[Si](CCCCCCCC[Si]1(C)O[Si](C)(CCCCCCCC[Si](OC)(OC)OC)O[Si](C)(CCCCCCCC[Si](OC)(OC)OC)O[Si](C)(CCCCCCCC[Si](OC)(OC)OC)O1)(OC)OC. The van der Waals surface area contributed by atoms with Crippen LogP contribution in [0.4, 0.5) is 0 Å². The van der Waals surface area contributed by atoms with E-state index < -0.39 is 69.5 Å². The molecule has 0 saturated carbocycles. The Hall–Kier alpha value is 1.10. The minimum atomic E-state index is -2.71. The summed E-state index contributed by atoms with van der Waals surface area (Å²) in [5.74, 6) is 0. The minimum absolute atomic E-state index is 0.845. The fourth-order valence-corrected chi connectivity index (χ4v) is 41.3. The molecular formula is C48H112O16Si8. The molecule has 1 heterocycles. The Balaban J connectivity index is 3.20. The first kappa shape index (κ1) is 71.1. The lowest BCUT2D eigenvalue weighted by Crippen LogP contribution is -2.67. The van der Waals surface area contributed by atoms with Crippen LogP contribution < -0.4 is 0 Å². The molecule has 0 N–H and O–H groups in total. The van der Waals surface area contributed by atoms with Gasteiger partial charge in [0.2, 0.25) is 0 Å². The first-order valence-electron chi connectivity index (χ1n) is 27.8. The van der Waals surface area contributed by atoms with Gasteiger partial charge in [0.15, 0.2) is 0 Å². The van der Waals surface area contributed by atoms with Gasteiger partial charge in [-0.1, -0.05) is 128 Å². The van der Waals surface area contributed by atoms with Crippen LogP contribution in [0.2, 0.25) is 74.5 Å². The summed E-state index contributed by atoms with van der Waals surface area (Å²) in [5.41, 5.74) is 0. The van der Waals surface area contributed by atoms with Crippen LogP contribution in [0.5, 0.6) is 0 Å². The van der Waals surface area contributed by atoms with Gasteiger partial charge in [0.25, 0.3) is 0 Å². The maximum Gasteiger partial charge on any atom is 0.500 e. The second kappa shape index (κ2) is 38.7. The smallest absolute Gasteiger partial charge is 0.416 e. The van der Waals surface area contributed by atoms with Crippen LogP contribution in [0.3, 0.4) is 0 Å². The average Bonchev–Trinajstić information content (AvgIpc) is 3.37. The van der Waals surface area contributed by atoms with Gasteiger partial charge in [-0.25, -0.2) is 0 Å². The standard InChI is InChI=1S/C48H112O16Si8/c1-49-69(50-2,51-3)45-37-29-21-17-25-33-41-65(13)61-66(14,42-34-26-18-22-30-38-46-70(52-4,53-5)54-6)63-68(16,44-36-28-20-24-32-40-48-72(58-10,59-11)60-12)64-67(15,62-65)43-35-27-19-23-31-39-47-71(55-7,56-8)57-9/h17-48H2,1-16H3. The fraction of sp³-hybridized carbons (Fsp3) is 1.00. The van der Waals surface area contributed by atoms with Gasteiger partial charge in [0.05, 0.1) is 0 Å². The van der Waals surface area contributed by atoms with E-state index in [1.807, 2.05) is 0 Å². The Labute approximate surface area is 450 Å². The van der Waals surface area contributed by atoms with Crippen LogP contribution in [0.1, 0.15) is 154 Å². The van der Waals surface area contributed by atoms with Crippen molar-refractivity contribution in [1.82, 2.24) is 0 Å². The van der Waals surface area contributed by atoms with E-state index in [9.17, 15) is 0 Å². The second-order valence-electron chi connectivity index (χ2n) is 20.6. The predicted molar refractivity (Wildman–Crippen MR) is 307 cm³/mol. The van der Waals surface area contributed by atoms with E-state index in [-0.39, 0.29) is 0 Å². The summed E-state index contributed by atoms with van der Waals surface area (Å²) in [4.78, 5) is 0. The van der Waals surface area contributed by atoms with Crippen LogP contribution in [0.25, 0.3) is 0 Å². The summed E-state index contributed by atoms with van der Waals surface area (Å²) in [6.07, 6.45) is 27.1. The molecule has 432 valence electrons. The van der Waals surface area contributed by atoms with Gasteiger partial charge < -0.3 is 69.6 Å². The van der Waals surface area contributed by atoms with Crippen LogP contribution >= 0.6 is 0 Å². The molecule has 0 unspecified atom stereocenters. The molecule has 1 aliphatic heterocycles. The quantitative estimate of drug-likeness (QED) is 0.0420. The van der Waals surface area contributed by atoms with E-state index in [4.69, 9.17) is 69.6 Å². The summed E-state index contributed by atoms with van der Waals surface area (Å²) in [6, 6.07) is 7.23. The Bertz CT molecular complexity index is 1090. The summed E-state index contributed by atoms with van der Waals surface area (Å²) >= 11 is 0. The number of hydrogen-bond donors (Lipinski definition) is 0. The van der Waals surface area contributed by atoms with Gasteiger partial charge in [-0.2, -0.15) is 0 Å². The first-order chi connectivity index (χ1) is 34.4. The minimum Gasteiger partial charge on any atom is -0.416 e. The van der Waals surface area contributed by atoms with Crippen molar-refractivity contribution in [1.29, 1.82) is 0 Å². The maximum absolute atomic E-state index is 7.64. The normalized spacial score (nSPS) is 22.7. The van der Waals surface area contributed by atoms with Gasteiger partial charge in [0, 0.05) is 109 Å². The molecule has 72 heavy (non-hydrogen) atoms. The van der Waals surface area contributed by atoms with Crippen molar-refractivity contribution in [2.75, 3.05) is 85.3 Å². The van der Waals surface area contributed by atoms with Crippen molar-refractivity contribution in [3.05, 3.63) is 0 Å². The van der Waals surface area contributed by atoms with E-state index in [1.165, 1.54) is 51.4 Å². The first-order valence-corrected chi connectivity index (χ1v) is 45.6. The van der Waals surface area contributed by atoms with Gasteiger partial charge in [-0.05, 0) is 76.0 Å². The van der Waals surface area contributed by atoms with Crippen molar-refractivity contribution in [2.24, 2.45) is 0 Å². The third kappa shape index (κ3) is 27.3. The third-order valence-electron chi connectivity index (χ3n) is 14.9. The molecule has 0 amide bonds. The summed E-state index contributed by atoms with van der Waals surface area (Å²) in [5, 5.41) is 0. The summed E-state index contributed by atoms with van der Waals surface area (Å²) < 4.78 is 98.5. The highest BCUT2D eigenvalue weighted by Gasteiger charge is 2.56. The van der Waals surface area contributed by atoms with E-state index in [0.29, 0.717) is 0 Å². The summed E-state index contributed by atoms with van der Waals surface area (Å²) in [7, 11) is -0.618. The van der Waals surface area contributed by atoms with Crippen molar-refractivity contribution in [3.63, 3.8) is 0 Å². The summed E-state index contributed by atoms with van der Waals surface area (Å²) in [6.45, 7) is 9.37. The van der Waals surface area contributed by atoms with Crippen molar-refractivity contribution in [2.45, 2.75) is 229 Å². The topological polar surface area (TPSA) is 148 Å². The van der Waals surface area contributed by atoms with Crippen LogP contribution in [-0.2, 0) is 69.6 Å². The number of unbranched alkanes of at least 4 members (excludes halogenated alkanes) is 20. The molecule has 0 aromatic heterocycles. The molecule has 0 aromatic rings. The molecule has 1 rings (SSSR count). The van der Waals surface area contributed by atoms with E-state index in [0.717, 1.165) is 151 Å². The molecule has 16 nitrogen and oxygen atoms in total. The molecule has 1 fully saturated rings. The number of rotatable bonds is 48. The molecule has 0 spiro atoms. The lowest BCUT2D eigenvalue weighted by Gasteiger charge is -2.50. The zero-order valence-electron chi connectivity index (χ0n) is 49.2. The van der Waals surface area contributed by atoms with Crippen LogP contribution in [0.15, 0.2) is 0 Å². The Morgan fingerprint density at radius 2 is 0.333 bits per heavy atom. The van der Waals surface area contributed by atoms with Crippen molar-refractivity contribution < 1.29 is 69.6 Å². The Morgan fingerprint density at radius 1 is 0.208 bits per heavy atom. The number of hydrogen-bond acceptors (Lipinski definition) is 16. The maximum atomic E-state index is 7.64. The lowest BCUT2D eigenvalue weighted by molar-refractivity contribution is 0.122. The van der Waals surface area contributed by atoms with Crippen LogP contribution in [-0.4, -0.2) is 155 Å². The highest BCUT2D eigenvalue weighted by molar-refractivity contribution is 6.94. The predicted octanol–water partition coefficient (Wildman–Crippen LogP) is 13.2. The third-order valence-corrected chi connectivity index (χ3v) is 45.1. The monoisotopic (exact) mass is 1170 g/mol. The molecule has 0 atom stereocenters. The fourth-order valence-electron chi connectivity index (χ4n) is 10.5. The van der Waals surface area contributed by atoms with E-state index >= 15 is 0 Å². The zero-order valence-corrected chi connectivity index (χ0v) is 57.2.